The maximum atomic E-state index is 3.88. The molecular formula is C59H56Cl2Zr-4. The second-order valence-electron chi connectivity index (χ2n) is 16.9. The average molecular weight is 927 g/mol. The molecule has 0 saturated heterocycles. The molecule has 0 spiro atoms. The molecule has 8 aromatic carbocycles. The number of benzene rings is 8. The van der Waals surface area contributed by atoms with Crippen LogP contribution in [0.1, 0.15) is 70.2 Å². The van der Waals surface area contributed by atoms with Crippen LogP contribution in [0, 0.1) is 24.3 Å². The van der Waals surface area contributed by atoms with Crippen molar-refractivity contribution in [2.75, 3.05) is 0 Å². The molecule has 0 radical (unpaired) electrons. The van der Waals surface area contributed by atoms with E-state index in [9.17, 15) is 0 Å². The first kappa shape index (κ1) is 49.7. The molecule has 0 amide bonds. The molecule has 0 saturated carbocycles. The predicted molar refractivity (Wildman–Crippen MR) is 271 cm³/mol. The molecule has 0 nitrogen and oxygen atoms in total. The van der Waals surface area contributed by atoms with Crippen molar-refractivity contribution in [3.05, 3.63) is 229 Å². The van der Waals surface area contributed by atoms with Gasteiger partial charge in [-0.1, -0.05) is 155 Å². The van der Waals surface area contributed by atoms with Crippen molar-refractivity contribution in [2.24, 2.45) is 0 Å². The van der Waals surface area contributed by atoms with Crippen molar-refractivity contribution < 1.29 is 24.2 Å². The van der Waals surface area contributed by atoms with E-state index >= 15 is 0 Å². The van der Waals surface area contributed by atoms with Crippen molar-refractivity contribution in [2.45, 2.75) is 65.2 Å². The van der Waals surface area contributed by atoms with Crippen LogP contribution in [0.25, 0.3) is 54.9 Å². The van der Waals surface area contributed by atoms with Gasteiger partial charge >= 0.3 is 28.4 Å². The van der Waals surface area contributed by atoms with Gasteiger partial charge in [-0.05, 0) is 39.5 Å². The van der Waals surface area contributed by atoms with Crippen LogP contribution in [0.3, 0.4) is 0 Å². The Hall–Kier alpha value is -4.91. The minimum absolute atomic E-state index is 0. The molecule has 2 aliphatic rings. The van der Waals surface area contributed by atoms with Gasteiger partial charge in [0.05, 0.1) is 0 Å². The Balaban J connectivity index is 0.000000234. The van der Waals surface area contributed by atoms with Crippen LogP contribution in [-0.4, -0.2) is 4.21 Å². The topological polar surface area (TPSA) is 0 Å². The fourth-order valence-corrected chi connectivity index (χ4v) is 7.57. The average Bonchev–Trinajstić information content (AvgIpc) is 3.99. The number of allylic oxidation sites excluding steroid dienone is 4. The van der Waals surface area contributed by atoms with Crippen LogP contribution in [0.15, 0.2) is 182 Å². The maximum Gasteiger partial charge on any atom is -0.0801 e. The minimum Gasteiger partial charge on any atom is -0.147 e. The normalized spacial score (nSPS) is 11.6. The van der Waals surface area contributed by atoms with E-state index < -0.39 is 0 Å². The van der Waals surface area contributed by atoms with E-state index in [4.69, 9.17) is 0 Å². The molecule has 62 heavy (non-hydrogen) atoms. The summed E-state index contributed by atoms with van der Waals surface area (Å²) in [5, 5.41) is 4.88. The number of hydrogen-bond acceptors (Lipinski definition) is 0. The summed E-state index contributed by atoms with van der Waals surface area (Å²) in [5.41, 5.74) is 13.5. The van der Waals surface area contributed by atoms with Crippen molar-refractivity contribution in [3.63, 3.8) is 0 Å². The molecule has 0 aromatic heterocycles. The van der Waals surface area contributed by atoms with Crippen molar-refractivity contribution in [3.8, 4) is 33.4 Å². The SMILES string of the molecule is CC(C)(C)c1cc2c([c-]c1-c1ccccc1)Cc1cc(-c3ccccc3)c(C(C)(C)C)cc1-2.Cl.Cl.[C-]1=CC=CC1.[CH2]=[Zr].[c-]1cccc2ccccc12.[c-]1cccc2ccccc12. The largest absolute Gasteiger partial charge is 0.147 e. The summed E-state index contributed by atoms with van der Waals surface area (Å²) < 4.78 is 3.34. The first-order chi connectivity index (χ1) is 29.1. The smallest absolute Gasteiger partial charge is 0.0801 e. The van der Waals surface area contributed by atoms with Gasteiger partial charge in [-0.3, -0.25) is 6.08 Å². The Labute approximate surface area is 399 Å². The van der Waals surface area contributed by atoms with E-state index in [1.165, 1.54) is 101 Å². The molecule has 314 valence electrons. The summed E-state index contributed by atoms with van der Waals surface area (Å²) in [6, 6.07) is 67.6. The third kappa shape index (κ3) is 12.8. The van der Waals surface area contributed by atoms with Gasteiger partial charge in [-0.25, -0.2) is 12.2 Å². The zero-order chi connectivity index (χ0) is 42.5. The second-order valence-corrected chi connectivity index (χ2v) is 16.9. The van der Waals surface area contributed by atoms with Gasteiger partial charge in [-0.2, -0.15) is 6.08 Å². The Morgan fingerprint density at radius 3 is 1.47 bits per heavy atom. The van der Waals surface area contributed by atoms with Crippen LogP contribution in [0.2, 0.25) is 0 Å². The van der Waals surface area contributed by atoms with E-state index in [1.807, 2.05) is 60.7 Å². The van der Waals surface area contributed by atoms with E-state index in [2.05, 4.69) is 191 Å². The second kappa shape index (κ2) is 23.5. The van der Waals surface area contributed by atoms with Crippen LogP contribution >= 0.6 is 24.8 Å². The van der Waals surface area contributed by atoms with Crippen LogP contribution < -0.4 is 0 Å². The van der Waals surface area contributed by atoms with Gasteiger partial charge in [0.1, 0.15) is 0 Å². The Morgan fingerprint density at radius 2 is 1.00 bits per heavy atom. The fraction of sp³-hybridized carbons (Fsp3) is 0.169. The molecule has 0 unspecified atom stereocenters. The monoisotopic (exact) mass is 924 g/mol. The molecule has 0 aliphatic heterocycles. The van der Waals surface area contributed by atoms with Gasteiger partial charge in [0.15, 0.2) is 0 Å². The van der Waals surface area contributed by atoms with Gasteiger partial charge in [0.25, 0.3) is 0 Å². The van der Waals surface area contributed by atoms with Gasteiger partial charge in [0, 0.05) is 0 Å². The van der Waals surface area contributed by atoms with Crippen LogP contribution in [0.4, 0.5) is 0 Å². The third-order valence-corrected chi connectivity index (χ3v) is 10.6. The van der Waals surface area contributed by atoms with E-state index in [0.29, 0.717) is 0 Å². The molecule has 3 heteroatoms. The zero-order valence-corrected chi connectivity index (χ0v) is 40.8. The summed E-state index contributed by atoms with van der Waals surface area (Å²) >= 11 is 1.30. The summed E-state index contributed by atoms with van der Waals surface area (Å²) in [7, 11) is 0. The first-order valence-electron chi connectivity index (χ1n) is 20.7. The van der Waals surface area contributed by atoms with Gasteiger partial charge in [0.2, 0.25) is 0 Å². The molecule has 0 N–H and O–H groups in total. The van der Waals surface area contributed by atoms with Crippen molar-refractivity contribution in [1.82, 2.24) is 0 Å². The molecule has 8 aromatic rings. The summed E-state index contributed by atoms with van der Waals surface area (Å²) in [5.74, 6) is 0. The van der Waals surface area contributed by atoms with Crippen LogP contribution in [0.5, 0.6) is 0 Å². The van der Waals surface area contributed by atoms with E-state index in [1.54, 1.807) is 0 Å². The van der Waals surface area contributed by atoms with E-state index in [0.717, 1.165) is 12.8 Å². The quantitative estimate of drug-likeness (QED) is 0.152. The molecule has 0 bridgehead atoms. The zero-order valence-electron chi connectivity index (χ0n) is 36.8. The van der Waals surface area contributed by atoms with Crippen molar-refractivity contribution in [1.29, 1.82) is 0 Å². The van der Waals surface area contributed by atoms with E-state index in [-0.39, 0.29) is 35.6 Å². The standard InChI is InChI=1S/C33H33.2C10H7.C5H5.CH2.2ClH.Zr/c1-32(2,3)30-20-26-24(18-28(30)22-13-9-7-10-14-22)17-25-19-29(23-15-11-8-12-16-23)31(21-27(25)26)33(4,5)6;2*1-2-6-10-8-4-3-7-9(10)5-1;1-2-4-5-3-1;;;;/h7-16,18,20-21H,17H2,1-6H3;2*1-7H;1-3H,4H2;1H2;2*1H;/q4*-1;;;;. The minimum atomic E-state index is 0. The number of rotatable bonds is 2. The molecular weight excluding hydrogens is 871 g/mol. The van der Waals surface area contributed by atoms with Crippen LogP contribution in [-0.2, 0) is 41.5 Å². The number of hydrogen-bond donors (Lipinski definition) is 0. The number of fused-ring (bicyclic) bond motifs is 5. The third-order valence-electron chi connectivity index (χ3n) is 10.6. The summed E-state index contributed by atoms with van der Waals surface area (Å²) in [6.45, 7) is 13.9. The summed E-state index contributed by atoms with van der Waals surface area (Å²) in [4.78, 5) is 0. The van der Waals surface area contributed by atoms with Gasteiger partial charge in [-0.15, -0.1) is 154 Å². The van der Waals surface area contributed by atoms with Gasteiger partial charge < -0.3 is 0 Å². The Kier molecular flexibility index (Phi) is 18.9. The summed E-state index contributed by atoms with van der Waals surface area (Å²) in [6.07, 6.45) is 10.9. The maximum absolute atomic E-state index is 3.88. The number of halogens is 2. The molecule has 0 heterocycles. The fourth-order valence-electron chi connectivity index (χ4n) is 7.57. The molecule has 2 aliphatic carbocycles. The first-order valence-corrected chi connectivity index (χ1v) is 22.5. The molecule has 0 fully saturated rings. The predicted octanol–water partition coefficient (Wildman–Crippen LogP) is 16.4. The Bertz CT molecular complexity index is 2380. The molecule has 10 rings (SSSR count). The Morgan fingerprint density at radius 1 is 0.516 bits per heavy atom. The molecule has 0 atom stereocenters. The van der Waals surface area contributed by atoms with Crippen molar-refractivity contribution >= 4 is 50.6 Å².